The van der Waals surface area contributed by atoms with E-state index in [9.17, 15) is 4.79 Å². The summed E-state index contributed by atoms with van der Waals surface area (Å²) in [5.41, 5.74) is 0.918. The molecule has 0 aliphatic rings. The van der Waals surface area contributed by atoms with Crippen molar-refractivity contribution in [2.75, 3.05) is 5.32 Å². The summed E-state index contributed by atoms with van der Waals surface area (Å²) in [6.45, 7) is 0. The normalized spacial score (nSPS) is 11.8. The van der Waals surface area contributed by atoms with E-state index in [0.717, 1.165) is 10.5 Å². The van der Waals surface area contributed by atoms with E-state index in [1.54, 1.807) is 0 Å². The van der Waals surface area contributed by atoms with Gasteiger partial charge in [0.15, 0.2) is 0 Å². The van der Waals surface area contributed by atoms with Crippen molar-refractivity contribution < 1.29 is 4.79 Å². The summed E-state index contributed by atoms with van der Waals surface area (Å²) in [6, 6.07) is 19.4. The van der Waals surface area contributed by atoms with Crippen LogP contribution in [0.3, 0.4) is 0 Å². The topological polar surface area (TPSA) is 83.6 Å². The molecule has 1 atom stereocenters. The van der Waals surface area contributed by atoms with Gasteiger partial charge in [-0.05, 0) is 28.1 Å². The zero-order chi connectivity index (χ0) is 15.2. The predicted molar refractivity (Wildman–Crippen MR) is 84.3 cm³/mol. The first kappa shape index (κ1) is 14.3. The van der Waals surface area contributed by atoms with Gasteiger partial charge in [-0.15, -0.1) is 11.8 Å². The number of carbonyl (C=O) groups is 1. The first-order chi connectivity index (χ1) is 10.8. The van der Waals surface area contributed by atoms with Gasteiger partial charge in [-0.3, -0.25) is 10.1 Å². The van der Waals surface area contributed by atoms with E-state index in [1.165, 1.54) is 11.8 Å². The number of anilines is 1. The Hall–Kier alpha value is -2.67. The molecule has 0 fully saturated rings. The molecule has 7 heteroatoms. The Bertz CT molecular complexity index is 718. The van der Waals surface area contributed by atoms with Crippen LogP contribution >= 0.6 is 11.8 Å². The Balaban J connectivity index is 1.84. The third-order valence-electron chi connectivity index (χ3n) is 2.92. The zero-order valence-electron chi connectivity index (χ0n) is 11.5. The van der Waals surface area contributed by atoms with Gasteiger partial charge in [0, 0.05) is 4.90 Å². The van der Waals surface area contributed by atoms with E-state index in [0.29, 0.717) is 0 Å². The lowest BCUT2D eigenvalue weighted by Gasteiger charge is -2.15. The number of nitrogens with one attached hydrogen (secondary N) is 2. The third kappa shape index (κ3) is 3.50. The molecule has 0 saturated heterocycles. The van der Waals surface area contributed by atoms with Gasteiger partial charge in [0.05, 0.1) is 0 Å². The van der Waals surface area contributed by atoms with Crippen molar-refractivity contribution in [1.82, 2.24) is 20.6 Å². The lowest BCUT2D eigenvalue weighted by atomic mass is 10.1. The number of nitrogens with zero attached hydrogens (tertiary/aromatic N) is 3. The predicted octanol–water partition coefficient (Wildman–Crippen LogP) is 2.67. The molecular weight excluding hydrogens is 298 g/mol. The maximum atomic E-state index is 12.6. The third-order valence-corrected chi connectivity index (χ3v) is 4.19. The Morgan fingerprint density at radius 1 is 1.05 bits per heavy atom. The average molecular weight is 311 g/mol. The largest absolute Gasteiger partial charge is 0.292 e. The van der Waals surface area contributed by atoms with Crippen molar-refractivity contribution >= 4 is 23.6 Å². The molecule has 1 heterocycles. The summed E-state index contributed by atoms with van der Waals surface area (Å²) < 4.78 is 0. The molecule has 0 aliphatic heterocycles. The van der Waals surface area contributed by atoms with E-state index in [2.05, 4.69) is 25.9 Å². The fraction of sp³-hybridized carbons (Fsp3) is 0.0667. The number of thioether (sulfide) groups is 1. The number of benzene rings is 2. The number of hydrogen-bond acceptors (Lipinski definition) is 5. The molecule has 3 rings (SSSR count). The van der Waals surface area contributed by atoms with Gasteiger partial charge in [-0.1, -0.05) is 53.6 Å². The minimum absolute atomic E-state index is 0.182. The molecule has 1 unspecified atom stereocenters. The van der Waals surface area contributed by atoms with Gasteiger partial charge < -0.3 is 0 Å². The van der Waals surface area contributed by atoms with Crippen LogP contribution in [0.25, 0.3) is 0 Å². The van der Waals surface area contributed by atoms with Crippen molar-refractivity contribution in [3.05, 3.63) is 66.2 Å². The van der Waals surface area contributed by atoms with Crippen LogP contribution in [-0.2, 0) is 4.79 Å². The molecule has 3 aromatic rings. The smallest absolute Gasteiger partial charge is 0.246 e. The van der Waals surface area contributed by atoms with E-state index < -0.39 is 5.25 Å². The molecule has 2 aromatic carbocycles. The van der Waals surface area contributed by atoms with Crippen molar-refractivity contribution in [3.8, 4) is 0 Å². The van der Waals surface area contributed by atoms with Crippen molar-refractivity contribution in [3.63, 3.8) is 0 Å². The molecular formula is C15H13N5OS. The molecule has 110 valence electrons. The van der Waals surface area contributed by atoms with Crippen LogP contribution < -0.4 is 5.32 Å². The van der Waals surface area contributed by atoms with Gasteiger partial charge in [0.1, 0.15) is 5.25 Å². The highest BCUT2D eigenvalue weighted by atomic mass is 32.2. The molecule has 22 heavy (non-hydrogen) atoms. The highest BCUT2D eigenvalue weighted by Gasteiger charge is 2.22. The van der Waals surface area contributed by atoms with Crippen LogP contribution in [0.5, 0.6) is 0 Å². The second kappa shape index (κ2) is 6.86. The average Bonchev–Trinajstić information content (AvgIpc) is 3.07. The van der Waals surface area contributed by atoms with Crippen LogP contribution in [0.15, 0.2) is 65.6 Å². The minimum atomic E-state index is -0.395. The number of carbonyl (C=O) groups excluding carboxylic acids is 1. The van der Waals surface area contributed by atoms with Gasteiger partial charge in [-0.25, -0.2) is 5.10 Å². The van der Waals surface area contributed by atoms with Crippen molar-refractivity contribution in [1.29, 1.82) is 0 Å². The molecule has 1 amide bonds. The van der Waals surface area contributed by atoms with Crippen LogP contribution in [0.4, 0.5) is 5.95 Å². The first-order valence-electron chi connectivity index (χ1n) is 6.64. The zero-order valence-corrected chi connectivity index (χ0v) is 12.3. The lowest BCUT2D eigenvalue weighted by Crippen LogP contribution is -2.19. The van der Waals surface area contributed by atoms with E-state index in [1.807, 2.05) is 60.7 Å². The summed E-state index contributed by atoms with van der Waals surface area (Å²) in [4.78, 5) is 13.6. The Morgan fingerprint density at radius 2 is 1.73 bits per heavy atom. The molecule has 0 aliphatic carbocycles. The number of aromatic nitrogens is 4. The standard InChI is InChI=1S/C15H13N5OS/c21-14(16-15-17-19-20-18-15)13(11-7-3-1-4-8-11)22-12-9-5-2-6-10-12/h1-10,13H,(H2,16,17,18,19,20,21). The van der Waals surface area contributed by atoms with Crippen molar-refractivity contribution in [2.45, 2.75) is 10.1 Å². The van der Waals surface area contributed by atoms with E-state index in [-0.39, 0.29) is 11.9 Å². The Morgan fingerprint density at radius 3 is 2.36 bits per heavy atom. The number of rotatable bonds is 5. The van der Waals surface area contributed by atoms with E-state index >= 15 is 0 Å². The number of amides is 1. The lowest BCUT2D eigenvalue weighted by molar-refractivity contribution is -0.115. The molecule has 2 N–H and O–H groups in total. The van der Waals surface area contributed by atoms with Crippen molar-refractivity contribution in [2.24, 2.45) is 0 Å². The number of hydrogen-bond donors (Lipinski definition) is 2. The first-order valence-corrected chi connectivity index (χ1v) is 7.52. The highest BCUT2D eigenvalue weighted by Crippen LogP contribution is 2.35. The van der Waals surface area contributed by atoms with E-state index in [4.69, 9.17) is 0 Å². The van der Waals surface area contributed by atoms with Crippen LogP contribution in [-0.4, -0.2) is 26.5 Å². The SMILES string of the molecule is O=C(Nc1nnn[nH]1)C(Sc1ccccc1)c1ccccc1. The maximum Gasteiger partial charge on any atom is 0.246 e. The fourth-order valence-electron chi connectivity index (χ4n) is 1.93. The number of aromatic amines is 1. The fourth-order valence-corrected chi connectivity index (χ4v) is 2.98. The van der Waals surface area contributed by atoms with Crippen LogP contribution in [0, 0.1) is 0 Å². The summed E-state index contributed by atoms with van der Waals surface area (Å²) in [7, 11) is 0. The molecule has 0 spiro atoms. The summed E-state index contributed by atoms with van der Waals surface area (Å²) >= 11 is 1.48. The summed E-state index contributed by atoms with van der Waals surface area (Å²) in [6.07, 6.45) is 0. The molecule has 0 radical (unpaired) electrons. The molecule has 6 nitrogen and oxygen atoms in total. The van der Waals surface area contributed by atoms with Gasteiger partial charge in [0.2, 0.25) is 11.9 Å². The number of tetrazole rings is 1. The molecule has 1 aromatic heterocycles. The quantitative estimate of drug-likeness (QED) is 0.708. The maximum absolute atomic E-state index is 12.6. The Kier molecular flexibility index (Phi) is 4.45. The minimum Gasteiger partial charge on any atom is -0.292 e. The summed E-state index contributed by atoms with van der Waals surface area (Å²) in [5.74, 6) is 0.0539. The van der Waals surface area contributed by atoms with Gasteiger partial charge in [0.25, 0.3) is 0 Å². The Labute approximate surface area is 131 Å². The second-order valence-corrected chi connectivity index (χ2v) is 5.64. The van der Waals surface area contributed by atoms with Gasteiger partial charge >= 0.3 is 0 Å². The second-order valence-electron chi connectivity index (χ2n) is 4.46. The molecule has 0 bridgehead atoms. The summed E-state index contributed by atoms with van der Waals surface area (Å²) in [5, 5.41) is 15.4. The van der Waals surface area contributed by atoms with Crippen LogP contribution in [0.2, 0.25) is 0 Å². The van der Waals surface area contributed by atoms with Gasteiger partial charge in [-0.2, -0.15) is 0 Å². The number of H-pyrrole nitrogens is 1. The molecule has 0 saturated carbocycles. The monoisotopic (exact) mass is 311 g/mol. The highest BCUT2D eigenvalue weighted by molar-refractivity contribution is 8.00. The van der Waals surface area contributed by atoms with Crippen LogP contribution in [0.1, 0.15) is 10.8 Å².